The van der Waals surface area contributed by atoms with Crippen molar-refractivity contribution in [3.63, 3.8) is 0 Å². The number of rotatable bonds is 3. The average Bonchev–Trinajstić information content (AvgIpc) is 2.31. The van der Waals surface area contributed by atoms with E-state index in [4.69, 9.17) is 10.5 Å². The number of hydrogen-bond acceptors (Lipinski definition) is 2. The van der Waals surface area contributed by atoms with Gasteiger partial charge in [0.15, 0.2) is 0 Å². The molecule has 0 aromatic heterocycles. The molecule has 0 aliphatic heterocycles. The Morgan fingerprint density at radius 2 is 1.89 bits per heavy atom. The van der Waals surface area contributed by atoms with Crippen molar-refractivity contribution in [2.75, 3.05) is 5.73 Å². The van der Waals surface area contributed by atoms with Crippen LogP contribution in [0.4, 0.5) is 14.5 Å². The van der Waals surface area contributed by atoms with Gasteiger partial charge in [-0.1, -0.05) is 6.07 Å². The lowest BCUT2D eigenvalue weighted by Gasteiger charge is -2.11. The molecule has 0 bridgehead atoms. The Hall–Kier alpha value is -1.37. The SMILES string of the molecule is Nc1ccc(Oc2cccc(I)c2)c(C(F)F)c1. The van der Waals surface area contributed by atoms with Crippen LogP contribution in [0.25, 0.3) is 0 Å². The van der Waals surface area contributed by atoms with Crippen LogP contribution < -0.4 is 10.5 Å². The third-order valence-electron chi connectivity index (χ3n) is 2.29. The summed E-state index contributed by atoms with van der Waals surface area (Å²) >= 11 is 2.13. The van der Waals surface area contributed by atoms with Crippen LogP contribution in [-0.2, 0) is 0 Å². The van der Waals surface area contributed by atoms with E-state index in [-0.39, 0.29) is 11.3 Å². The maximum atomic E-state index is 12.9. The second kappa shape index (κ2) is 5.51. The van der Waals surface area contributed by atoms with Gasteiger partial charge in [-0.25, -0.2) is 8.78 Å². The average molecular weight is 361 g/mol. The summed E-state index contributed by atoms with van der Waals surface area (Å²) in [6, 6.07) is 11.4. The molecule has 0 saturated heterocycles. The van der Waals surface area contributed by atoms with Crippen molar-refractivity contribution in [1.82, 2.24) is 0 Å². The van der Waals surface area contributed by atoms with E-state index in [0.717, 1.165) is 3.57 Å². The first kappa shape index (κ1) is 13.1. The standard InChI is InChI=1S/C13H10F2INO/c14-13(15)11-7-9(17)4-5-12(11)18-10-3-1-2-8(16)6-10/h1-7,13H,17H2. The second-order valence-corrected chi connectivity index (χ2v) is 4.90. The van der Waals surface area contributed by atoms with Crippen LogP contribution in [0, 0.1) is 3.57 Å². The van der Waals surface area contributed by atoms with Gasteiger partial charge < -0.3 is 10.5 Å². The third kappa shape index (κ3) is 3.10. The van der Waals surface area contributed by atoms with Gasteiger partial charge >= 0.3 is 0 Å². The van der Waals surface area contributed by atoms with Crippen LogP contribution in [0.3, 0.4) is 0 Å². The zero-order valence-corrected chi connectivity index (χ0v) is 11.4. The highest BCUT2D eigenvalue weighted by molar-refractivity contribution is 14.1. The van der Waals surface area contributed by atoms with E-state index in [1.54, 1.807) is 18.2 Å². The number of alkyl halides is 2. The third-order valence-corrected chi connectivity index (χ3v) is 2.96. The minimum Gasteiger partial charge on any atom is -0.457 e. The maximum absolute atomic E-state index is 12.9. The maximum Gasteiger partial charge on any atom is 0.267 e. The Morgan fingerprint density at radius 3 is 2.56 bits per heavy atom. The minimum atomic E-state index is -2.62. The summed E-state index contributed by atoms with van der Waals surface area (Å²) in [4.78, 5) is 0. The smallest absolute Gasteiger partial charge is 0.267 e. The highest BCUT2D eigenvalue weighted by Crippen LogP contribution is 2.34. The fourth-order valence-corrected chi connectivity index (χ4v) is 2.00. The summed E-state index contributed by atoms with van der Waals surface area (Å²) in [5, 5.41) is 0. The molecule has 0 saturated carbocycles. The highest BCUT2D eigenvalue weighted by Gasteiger charge is 2.15. The summed E-state index contributed by atoms with van der Waals surface area (Å²) in [7, 11) is 0. The summed E-state index contributed by atoms with van der Waals surface area (Å²) in [5.41, 5.74) is 5.58. The molecule has 2 nitrogen and oxygen atoms in total. The summed E-state index contributed by atoms with van der Waals surface area (Å²) in [5.74, 6) is 0.648. The van der Waals surface area contributed by atoms with Crippen LogP contribution in [0.1, 0.15) is 12.0 Å². The van der Waals surface area contributed by atoms with Crippen molar-refractivity contribution in [2.45, 2.75) is 6.43 Å². The van der Waals surface area contributed by atoms with Crippen molar-refractivity contribution in [3.05, 3.63) is 51.6 Å². The monoisotopic (exact) mass is 361 g/mol. The molecule has 0 aliphatic rings. The van der Waals surface area contributed by atoms with E-state index < -0.39 is 6.43 Å². The Morgan fingerprint density at radius 1 is 1.11 bits per heavy atom. The fraction of sp³-hybridized carbons (Fsp3) is 0.0769. The lowest BCUT2D eigenvalue weighted by atomic mass is 10.2. The largest absolute Gasteiger partial charge is 0.457 e. The van der Waals surface area contributed by atoms with Gasteiger partial charge in [0.05, 0.1) is 5.56 Å². The van der Waals surface area contributed by atoms with E-state index in [1.165, 1.54) is 18.2 Å². The molecule has 94 valence electrons. The molecule has 0 fully saturated rings. The molecule has 0 amide bonds. The summed E-state index contributed by atoms with van der Waals surface area (Å²) in [6.07, 6.45) is -2.62. The minimum absolute atomic E-state index is 0.126. The predicted molar refractivity (Wildman–Crippen MR) is 75.0 cm³/mol. The predicted octanol–water partition coefficient (Wildman–Crippen LogP) is 4.60. The second-order valence-electron chi connectivity index (χ2n) is 3.66. The fourth-order valence-electron chi connectivity index (χ4n) is 1.49. The molecule has 0 aliphatic carbocycles. The molecule has 0 radical (unpaired) electrons. The van der Waals surface area contributed by atoms with Crippen molar-refractivity contribution in [2.24, 2.45) is 0 Å². The molecule has 0 unspecified atom stereocenters. The van der Waals surface area contributed by atoms with E-state index in [9.17, 15) is 8.78 Å². The number of nitrogens with two attached hydrogens (primary N) is 1. The number of halogens is 3. The van der Waals surface area contributed by atoms with Crippen LogP contribution in [-0.4, -0.2) is 0 Å². The molecule has 2 rings (SSSR count). The number of nitrogen functional groups attached to an aromatic ring is 1. The number of hydrogen-bond donors (Lipinski definition) is 1. The van der Waals surface area contributed by atoms with E-state index in [0.29, 0.717) is 11.4 Å². The summed E-state index contributed by atoms with van der Waals surface area (Å²) in [6.45, 7) is 0. The zero-order valence-electron chi connectivity index (χ0n) is 9.24. The highest BCUT2D eigenvalue weighted by atomic mass is 127. The van der Waals surface area contributed by atoms with Crippen molar-refractivity contribution in [3.8, 4) is 11.5 Å². The molecule has 0 atom stereocenters. The topological polar surface area (TPSA) is 35.2 Å². The molecule has 2 N–H and O–H groups in total. The molecular weight excluding hydrogens is 351 g/mol. The van der Waals surface area contributed by atoms with Gasteiger partial charge in [-0.15, -0.1) is 0 Å². The Balaban J connectivity index is 2.34. The molecule has 0 spiro atoms. The molecule has 18 heavy (non-hydrogen) atoms. The van der Waals surface area contributed by atoms with Crippen molar-refractivity contribution in [1.29, 1.82) is 0 Å². The molecule has 5 heteroatoms. The molecular formula is C13H10F2INO. The van der Waals surface area contributed by atoms with Crippen molar-refractivity contribution < 1.29 is 13.5 Å². The first-order chi connectivity index (χ1) is 8.56. The molecule has 0 heterocycles. The Bertz CT molecular complexity index is 560. The van der Waals surface area contributed by atoms with E-state index in [2.05, 4.69) is 22.6 Å². The quantitative estimate of drug-likeness (QED) is 0.641. The van der Waals surface area contributed by atoms with Gasteiger partial charge in [0.25, 0.3) is 6.43 Å². The van der Waals surface area contributed by atoms with Crippen LogP contribution in [0.2, 0.25) is 0 Å². The van der Waals surface area contributed by atoms with Gasteiger partial charge in [-0.2, -0.15) is 0 Å². The van der Waals surface area contributed by atoms with Gasteiger partial charge in [0.1, 0.15) is 11.5 Å². The first-order valence-electron chi connectivity index (χ1n) is 5.17. The van der Waals surface area contributed by atoms with Crippen LogP contribution in [0.15, 0.2) is 42.5 Å². The normalized spacial score (nSPS) is 10.7. The van der Waals surface area contributed by atoms with Gasteiger partial charge in [0.2, 0.25) is 0 Å². The summed E-state index contributed by atoms with van der Waals surface area (Å²) < 4.78 is 32.1. The molecule has 2 aromatic rings. The van der Waals surface area contributed by atoms with Gasteiger partial charge in [-0.05, 0) is 59.0 Å². The lowest BCUT2D eigenvalue weighted by Crippen LogP contribution is -1.95. The first-order valence-corrected chi connectivity index (χ1v) is 6.25. The Kier molecular flexibility index (Phi) is 4.00. The van der Waals surface area contributed by atoms with Crippen molar-refractivity contribution >= 4 is 28.3 Å². The number of ether oxygens (including phenoxy) is 1. The lowest BCUT2D eigenvalue weighted by molar-refractivity contribution is 0.148. The van der Waals surface area contributed by atoms with Crippen LogP contribution >= 0.6 is 22.6 Å². The van der Waals surface area contributed by atoms with Gasteiger partial charge in [0, 0.05) is 9.26 Å². The molecule has 2 aromatic carbocycles. The Labute approximate surface area is 117 Å². The zero-order chi connectivity index (χ0) is 13.1. The number of anilines is 1. The van der Waals surface area contributed by atoms with Crippen LogP contribution in [0.5, 0.6) is 11.5 Å². The van der Waals surface area contributed by atoms with E-state index >= 15 is 0 Å². The van der Waals surface area contributed by atoms with Gasteiger partial charge in [-0.3, -0.25) is 0 Å². The number of benzene rings is 2. The van der Waals surface area contributed by atoms with E-state index in [1.807, 2.05) is 6.07 Å².